The highest BCUT2D eigenvalue weighted by molar-refractivity contribution is 7.25. The fraction of sp³-hybridized carbons (Fsp3) is 0.119. The van der Waals surface area contributed by atoms with Gasteiger partial charge in [-0.25, -0.2) is 4.98 Å². The summed E-state index contributed by atoms with van der Waals surface area (Å²) in [5.74, 6) is 1.35. The number of rotatable bonds is 3. The van der Waals surface area contributed by atoms with E-state index in [4.69, 9.17) is 4.98 Å². The van der Waals surface area contributed by atoms with E-state index in [0.717, 1.165) is 23.4 Å². The second kappa shape index (κ2) is 9.18. The van der Waals surface area contributed by atoms with Gasteiger partial charge in [-0.1, -0.05) is 84.9 Å². The van der Waals surface area contributed by atoms with E-state index in [1.165, 1.54) is 83.0 Å². The first kappa shape index (κ1) is 25.1. The van der Waals surface area contributed by atoms with Crippen molar-refractivity contribution in [3.63, 3.8) is 0 Å². The minimum Gasteiger partial charge on any atom is -0.316 e. The Hall–Kier alpha value is -5.19. The van der Waals surface area contributed by atoms with Crippen LogP contribution in [0.25, 0.3) is 76.8 Å². The van der Waals surface area contributed by atoms with Gasteiger partial charge in [0.15, 0.2) is 0 Å². The molecule has 8 aromatic rings. The highest BCUT2D eigenvalue weighted by atomic mass is 32.1. The summed E-state index contributed by atoms with van der Waals surface area (Å²) in [4.78, 5) is 6.15. The average Bonchev–Trinajstić information content (AvgIpc) is 3.57. The lowest BCUT2D eigenvalue weighted by Gasteiger charge is -2.21. The number of pyridine rings is 1. The van der Waals surface area contributed by atoms with Gasteiger partial charge in [0.25, 0.3) is 0 Å². The summed E-state index contributed by atoms with van der Waals surface area (Å²) >= 11 is 1.78. The molecular weight excluding hydrogens is 579 g/mol. The molecule has 11 rings (SSSR count). The van der Waals surface area contributed by atoms with E-state index in [2.05, 4.69) is 137 Å². The molecular formula is C42H29N3S. The van der Waals surface area contributed by atoms with Gasteiger partial charge in [-0.15, -0.1) is 11.3 Å². The van der Waals surface area contributed by atoms with Crippen LogP contribution in [0.3, 0.4) is 0 Å². The molecule has 0 bridgehead atoms. The summed E-state index contributed by atoms with van der Waals surface area (Å²) in [6, 6.07) is 37.8. The van der Waals surface area contributed by atoms with Crippen LogP contribution in [0.4, 0.5) is 0 Å². The average molecular weight is 608 g/mol. The fourth-order valence-corrected chi connectivity index (χ4v) is 9.37. The lowest BCUT2D eigenvalue weighted by molar-refractivity contribution is 0.835. The Bertz CT molecular complexity index is 2630. The summed E-state index contributed by atoms with van der Waals surface area (Å²) in [6.45, 7) is 0. The molecule has 1 saturated carbocycles. The summed E-state index contributed by atoms with van der Waals surface area (Å²) in [5.41, 5.74) is 13.3. The molecule has 0 radical (unpaired) electrons. The maximum Gasteiger partial charge on any atom is 0.124 e. The maximum atomic E-state index is 5.06. The molecule has 1 fully saturated rings. The molecule has 4 heterocycles. The van der Waals surface area contributed by atoms with Crippen molar-refractivity contribution in [1.29, 1.82) is 0 Å². The molecule has 4 aromatic carbocycles. The summed E-state index contributed by atoms with van der Waals surface area (Å²) in [5, 5.41) is 5.20. The van der Waals surface area contributed by atoms with Gasteiger partial charge in [0, 0.05) is 60.4 Å². The standard InChI is InChI=1S/C42H29N3S/c1-2-8-25(9-3-1)26-15-19-40-35(20-26)36-23-29(24-43-42(36)46-40)44-37-12-6-5-11-31(37)34-22-28(16-18-39(34)44)45-38-13-7-4-10-30(38)32-17-14-27-21-33(27)41(32)45/h1-15,17,19-20,22-24,27,33H,16,18,21H2. The number of benzene rings is 4. The molecule has 2 atom stereocenters. The minimum absolute atomic E-state index is 0.650. The second-order valence-corrected chi connectivity index (χ2v) is 14.1. The Kier molecular flexibility index (Phi) is 5.00. The van der Waals surface area contributed by atoms with E-state index >= 15 is 0 Å². The van der Waals surface area contributed by atoms with Gasteiger partial charge < -0.3 is 9.13 Å². The topological polar surface area (TPSA) is 22.8 Å². The number of para-hydroxylation sites is 2. The van der Waals surface area contributed by atoms with E-state index in [-0.39, 0.29) is 0 Å². The number of thiophene rings is 1. The number of fused-ring (bicyclic) bond motifs is 11. The Morgan fingerprint density at radius 1 is 0.674 bits per heavy atom. The van der Waals surface area contributed by atoms with Crippen LogP contribution in [0.5, 0.6) is 0 Å². The third kappa shape index (κ3) is 3.45. The SMILES string of the molecule is C1=CC2CC2c2c1c1ccccc1n2C1=Cc2c(n(-c3cnc4sc5ccc(-c6ccccc6)cc5c4c3)c3ccccc23)CC1. The third-order valence-electron chi connectivity index (χ3n) is 10.6. The number of allylic oxidation sites excluding steroid dienone is 2. The molecule has 0 N–H and O–H groups in total. The van der Waals surface area contributed by atoms with E-state index in [9.17, 15) is 0 Å². The molecule has 3 nitrogen and oxygen atoms in total. The van der Waals surface area contributed by atoms with Crippen LogP contribution in [-0.2, 0) is 6.42 Å². The maximum absolute atomic E-state index is 5.06. The summed E-state index contributed by atoms with van der Waals surface area (Å²) in [7, 11) is 0. The summed E-state index contributed by atoms with van der Waals surface area (Å²) < 4.78 is 6.39. The predicted octanol–water partition coefficient (Wildman–Crippen LogP) is 11.1. The molecule has 46 heavy (non-hydrogen) atoms. The van der Waals surface area contributed by atoms with Crippen molar-refractivity contribution in [3.05, 3.63) is 138 Å². The first-order valence-corrected chi connectivity index (χ1v) is 17.1. The van der Waals surface area contributed by atoms with Gasteiger partial charge in [0.1, 0.15) is 4.83 Å². The smallest absolute Gasteiger partial charge is 0.124 e. The van der Waals surface area contributed by atoms with Gasteiger partial charge >= 0.3 is 0 Å². The van der Waals surface area contributed by atoms with Gasteiger partial charge in [-0.2, -0.15) is 0 Å². The van der Waals surface area contributed by atoms with Crippen molar-refractivity contribution < 1.29 is 0 Å². The zero-order valence-corrected chi connectivity index (χ0v) is 26.0. The molecule has 0 saturated heterocycles. The number of nitrogens with zero attached hydrogens (tertiary/aromatic N) is 3. The van der Waals surface area contributed by atoms with E-state index in [1.807, 2.05) is 0 Å². The van der Waals surface area contributed by atoms with Crippen molar-refractivity contribution in [3.8, 4) is 16.8 Å². The number of hydrogen-bond acceptors (Lipinski definition) is 2. The molecule has 4 aromatic heterocycles. The molecule has 218 valence electrons. The fourth-order valence-electron chi connectivity index (χ4n) is 8.36. The minimum atomic E-state index is 0.650. The van der Waals surface area contributed by atoms with E-state index < -0.39 is 0 Å². The zero-order valence-electron chi connectivity index (χ0n) is 25.2. The Balaban J connectivity index is 1.11. The van der Waals surface area contributed by atoms with Crippen molar-refractivity contribution >= 4 is 71.3 Å². The van der Waals surface area contributed by atoms with Crippen LogP contribution in [0.1, 0.15) is 41.3 Å². The van der Waals surface area contributed by atoms with Gasteiger partial charge in [0.2, 0.25) is 0 Å². The molecule has 4 heteroatoms. The van der Waals surface area contributed by atoms with Crippen LogP contribution < -0.4 is 0 Å². The Labute approximate surface area is 270 Å². The quantitative estimate of drug-likeness (QED) is 0.196. The van der Waals surface area contributed by atoms with Crippen LogP contribution >= 0.6 is 11.3 Å². The second-order valence-electron chi connectivity index (χ2n) is 13.1. The van der Waals surface area contributed by atoms with E-state index in [1.54, 1.807) is 11.3 Å². The molecule has 2 unspecified atom stereocenters. The molecule has 3 aliphatic rings. The van der Waals surface area contributed by atoms with E-state index in [0.29, 0.717) is 11.8 Å². The van der Waals surface area contributed by atoms with Crippen molar-refractivity contribution in [1.82, 2.24) is 14.1 Å². The molecule has 0 spiro atoms. The van der Waals surface area contributed by atoms with Gasteiger partial charge in [-0.3, -0.25) is 0 Å². The number of hydrogen-bond donors (Lipinski definition) is 0. The monoisotopic (exact) mass is 607 g/mol. The first-order valence-electron chi connectivity index (χ1n) is 16.3. The van der Waals surface area contributed by atoms with Crippen molar-refractivity contribution in [2.24, 2.45) is 5.92 Å². The third-order valence-corrected chi connectivity index (χ3v) is 11.7. The number of aromatic nitrogens is 3. The largest absolute Gasteiger partial charge is 0.316 e. The van der Waals surface area contributed by atoms with Crippen molar-refractivity contribution in [2.45, 2.75) is 25.2 Å². The van der Waals surface area contributed by atoms with Crippen LogP contribution in [0, 0.1) is 5.92 Å². The normalized spacial score (nSPS) is 18.2. The zero-order chi connectivity index (χ0) is 29.9. The van der Waals surface area contributed by atoms with Gasteiger partial charge in [-0.05, 0) is 72.7 Å². The van der Waals surface area contributed by atoms with Gasteiger partial charge in [0.05, 0.1) is 22.9 Å². The Morgan fingerprint density at radius 3 is 2.33 bits per heavy atom. The Morgan fingerprint density at radius 2 is 1.46 bits per heavy atom. The van der Waals surface area contributed by atoms with Crippen molar-refractivity contribution in [2.75, 3.05) is 0 Å². The highest BCUT2D eigenvalue weighted by Crippen LogP contribution is 2.56. The first-order chi connectivity index (χ1) is 22.8. The lowest BCUT2D eigenvalue weighted by Crippen LogP contribution is -2.10. The van der Waals surface area contributed by atoms with Crippen LogP contribution in [-0.4, -0.2) is 14.1 Å². The van der Waals surface area contributed by atoms with Crippen LogP contribution in [0.2, 0.25) is 0 Å². The molecule has 0 aliphatic heterocycles. The predicted molar refractivity (Wildman–Crippen MR) is 194 cm³/mol. The molecule has 3 aliphatic carbocycles. The molecule has 0 amide bonds. The van der Waals surface area contributed by atoms with Crippen LogP contribution in [0.15, 0.2) is 115 Å². The summed E-state index contributed by atoms with van der Waals surface area (Å²) in [6.07, 6.45) is 12.7. The highest BCUT2D eigenvalue weighted by Gasteiger charge is 2.43. The lowest BCUT2D eigenvalue weighted by atomic mass is 9.98.